The zero-order chi connectivity index (χ0) is 10.4. The molecule has 0 spiro atoms. The average Bonchev–Trinajstić information content (AvgIpc) is 2.15. The minimum absolute atomic E-state index is 0.137. The highest BCUT2D eigenvalue weighted by Gasteiger charge is 1.95. The predicted molar refractivity (Wildman–Crippen MR) is 59.8 cm³/mol. The Bertz CT molecular complexity index is 293. The predicted octanol–water partition coefficient (Wildman–Crippen LogP) is 2.65. The van der Waals surface area contributed by atoms with Gasteiger partial charge in [-0.1, -0.05) is 29.5 Å². The van der Waals surface area contributed by atoms with Gasteiger partial charge in [0.15, 0.2) is 5.12 Å². The van der Waals surface area contributed by atoms with Gasteiger partial charge in [0, 0.05) is 12.7 Å². The molecule has 3 heteroatoms. The fourth-order valence-electron chi connectivity index (χ4n) is 0.979. The molecule has 0 unspecified atom stereocenters. The van der Waals surface area contributed by atoms with Crippen molar-refractivity contribution in [2.45, 2.75) is 13.8 Å². The number of ether oxygens (including phenoxy) is 1. The van der Waals surface area contributed by atoms with Crippen molar-refractivity contribution in [2.24, 2.45) is 0 Å². The van der Waals surface area contributed by atoms with Crippen LogP contribution in [0.5, 0.6) is 5.75 Å². The van der Waals surface area contributed by atoms with Crippen LogP contribution in [0.4, 0.5) is 0 Å². The summed E-state index contributed by atoms with van der Waals surface area (Å²) in [5, 5.41) is 0.137. The molecule has 1 rings (SSSR count). The van der Waals surface area contributed by atoms with Crippen LogP contribution in [0.15, 0.2) is 24.3 Å². The molecule has 0 fully saturated rings. The second-order valence-corrected chi connectivity index (χ2v) is 4.27. The molecular formula is C11H14O2S. The first-order valence-electron chi connectivity index (χ1n) is 4.51. The lowest BCUT2D eigenvalue weighted by molar-refractivity contribution is -0.109. The zero-order valence-electron chi connectivity index (χ0n) is 8.45. The molecule has 1 aromatic carbocycles. The van der Waals surface area contributed by atoms with E-state index in [1.807, 2.05) is 31.2 Å². The molecule has 0 saturated carbocycles. The smallest absolute Gasteiger partial charge is 0.185 e. The Balaban J connectivity index is 2.25. The topological polar surface area (TPSA) is 26.3 Å². The van der Waals surface area contributed by atoms with E-state index in [0.717, 1.165) is 5.75 Å². The summed E-state index contributed by atoms with van der Waals surface area (Å²) in [5.74, 6) is 1.57. The normalized spacial score (nSPS) is 9.86. The number of rotatable bonds is 4. The van der Waals surface area contributed by atoms with E-state index < -0.39 is 0 Å². The summed E-state index contributed by atoms with van der Waals surface area (Å²) in [4.78, 5) is 10.6. The SMILES string of the molecule is CC(=O)SCCOc1ccc(C)cc1. The van der Waals surface area contributed by atoms with Gasteiger partial charge in [-0.05, 0) is 19.1 Å². The van der Waals surface area contributed by atoms with Crippen LogP contribution in [-0.4, -0.2) is 17.5 Å². The van der Waals surface area contributed by atoms with E-state index in [4.69, 9.17) is 4.74 Å². The molecule has 0 atom stereocenters. The first-order chi connectivity index (χ1) is 6.68. The van der Waals surface area contributed by atoms with E-state index in [-0.39, 0.29) is 5.12 Å². The summed E-state index contributed by atoms with van der Waals surface area (Å²) in [6.45, 7) is 4.18. The highest BCUT2D eigenvalue weighted by molar-refractivity contribution is 8.13. The maximum Gasteiger partial charge on any atom is 0.185 e. The van der Waals surface area contributed by atoms with Crippen LogP contribution in [0, 0.1) is 6.92 Å². The largest absolute Gasteiger partial charge is 0.493 e. The van der Waals surface area contributed by atoms with Crippen molar-refractivity contribution >= 4 is 16.9 Å². The van der Waals surface area contributed by atoms with Gasteiger partial charge in [-0.25, -0.2) is 0 Å². The Labute approximate surface area is 88.7 Å². The van der Waals surface area contributed by atoms with E-state index in [1.165, 1.54) is 17.3 Å². The summed E-state index contributed by atoms with van der Waals surface area (Å²) in [6.07, 6.45) is 0. The van der Waals surface area contributed by atoms with Crippen LogP contribution in [0.1, 0.15) is 12.5 Å². The molecule has 0 aliphatic carbocycles. The number of hydrogen-bond acceptors (Lipinski definition) is 3. The molecular weight excluding hydrogens is 196 g/mol. The van der Waals surface area contributed by atoms with E-state index in [1.54, 1.807) is 6.92 Å². The molecule has 1 aromatic rings. The summed E-state index contributed by atoms with van der Waals surface area (Å²) < 4.78 is 5.44. The van der Waals surface area contributed by atoms with E-state index in [9.17, 15) is 4.79 Å². The van der Waals surface area contributed by atoms with Crippen LogP contribution in [0.2, 0.25) is 0 Å². The van der Waals surface area contributed by atoms with Crippen molar-refractivity contribution in [3.05, 3.63) is 29.8 Å². The van der Waals surface area contributed by atoms with Crippen molar-refractivity contribution in [3.8, 4) is 5.75 Å². The summed E-state index contributed by atoms with van der Waals surface area (Å²) in [6, 6.07) is 7.89. The first-order valence-corrected chi connectivity index (χ1v) is 5.50. The van der Waals surface area contributed by atoms with Gasteiger partial charge in [0.05, 0.1) is 6.61 Å². The molecule has 0 bridgehead atoms. The van der Waals surface area contributed by atoms with Gasteiger partial charge in [0.1, 0.15) is 5.75 Å². The van der Waals surface area contributed by atoms with Crippen molar-refractivity contribution < 1.29 is 9.53 Å². The Hall–Kier alpha value is -0.960. The van der Waals surface area contributed by atoms with Crippen molar-refractivity contribution in [2.75, 3.05) is 12.4 Å². The number of carbonyl (C=O) groups excluding carboxylic acids is 1. The van der Waals surface area contributed by atoms with E-state index >= 15 is 0 Å². The second kappa shape index (κ2) is 5.70. The van der Waals surface area contributed by atoms with Gasteiger partial charge in [-0.3, -0.25) is 4.79 Å². The molecule has 0 N–H and O–H groups in total. The van der Waals surface area contributed by atoms with Crippen molar-refractivity contribution in [1.82, 2.24) is 0 Å². The van der Waals surface area contributed by atoms with Crippen LogP contribution in [0.3, 0.4) is 0 Å². The Morgan fingerprint density at radius 2 is 2.00 bits per heavy atom. The highest BCUT2D eigenvalue weighted by atomic mass is 32.2. The molecule has 0 heterocycles. The van der Waals surface area contributed by atoms with Gasteiger partial charge in [0.25, 0.3) is 0 Å². The highest BCUT2D eigenvalue weighted by Crippen LogP contribution is 2.11. The average molecular weight is 210 g/mol. The number of hydrogen-bond donors (Lipinski definition) is 0. The molecule has 0 amide bonds. The molecule has 0 aromatic heterocycles. The van der Waals surface area contributed by atoms with Gasteiger partial charge < -0.3 is 4.74 Å². The van der Waals surface area contributed by atoms with Crippen molar-refractivity contribution in [1.29, 1.82) is 0 Å². The summed E-state index contributed by atoms with van der Waals surface area (Å²) in [7, 11) is 0. The maximum atomic E-state index is 10.6. The third kappa shape index (κ3) is 4.33. The molecule has 14 heavy (non-hydrogen) atoms. The van der Waals surface area contributed by atoms with E-state index in [2.05, 4.69) is 0 Å². The Kier molecular flexibility index (Phi) is 4.53. The summed E-state index contributed by atoms with van der Waals surface area (Å²) >= 11 is 1.29. The minimum atomic E-state index is 0.137. The zero-order valence-corrected chi connectivity index (χ0v) is 9.26. The molecule has 0 aliphatic rings. The lowest BCUT2D eigenvalue weighted by atomic mass is 10.2. The van der Waals surface area contributed by atoms with Crippen LogP contribution >= 0.6 is 11.8 Å². The monoisotopic (exact) mass is 210 g/mol. The van der Waals surface area contributed by atoms with Gasteiger partial charge in [-0.15, -0.1) is 0 Å². The number of thioether (sulfide) groups is 1. The van der Waals surface area contributed by atoms with Crippen LogP contribution in [0.25, 0.3) is 0 Å². The molecule has 2 nitrogen and oxygen atoms in total. The Morgan fingerprint density at radius 3 is 2.57 bits per heavy atom. The third-order valence-corrected chi connectivity index (χ3v) is 2.46. The molecule has 0 radical (unpaired) electrons. The fourth-order valence-corrected chi connectivity index (χ4v) is 1.43. The lowest BCUT2D eigenvalue weighted by Gasteiger charge is -2.04. The second-order valence-electron chi connectivity index (χ2n) is 3.00. The molecule has 76 valence electrons. The van der Waals surface area contributed by atoms with Gasteiger partial charge in [-0.2, -0.15) is 0 Å². The lowest BCUT2D eigenvalue weighted by Crippen LogP contribution is -2.01. The minimum Gasteiger partial charge on any atom is -0.493 e. The van der Waals surface area contributed by atoms with E-state index in [0.29, 0.717) is 12.4 Å². The number of aryl methyl sites for hydroxylation is 1. The maximum absolute atomic E-state index is 10.6. The summed E-state index contributed by atoms with van der Waals surface area (Å²) in [5.41, 5.74) is 1.22. The standard InChI is InChI=1S/C11H14O2S/c1-9-3-5-11(6-4-9)13-7-8-14-10(2)12/h3-6H,7-8H2,1-2H3. The van der Waals surface area contributed by atoms with Gasteiger partial charge in [0.2, 0.25) is 0 Å². The quantitative estimate of drug-likeness (QED) is 0.715. The van der Waals surface area contributed by atoms with Crippen LogP contribution < -0.4 is 4.74 Å². The fraction of sp³-hybridized carbons (Fsp3) is 0.364. The van der Waals surface area contributed by atoms with Crippen LogP contribution in [-0.2, 0) is 4.79 Å². The Morgan fingerprint density at radius 1 is 1.36 bits per heavy atom. The molecule has 0 aliphatic heterocycles. The van der Waals surface area contributed by atoms with Gasteiger partial charge >= 0.3 is 0 Å². The molecule has 0 saturated heterocycles. The number of benzene rings is 1. The number of carbonyl (C=O) groups is 1. The third-order valence-electron chi connectivity index (χ3n) is 1.68. The van der Waals surface area contributed by atoms with Crippen molar-refractivity contribution in [3.63, 3.8) is 0 Å². The first kappa shape index (κ1) is 11.1.